The summed E-state index contributed by atoms with van der Waals surface area (Å²) >= 11 is 0. The Balaban J connectivity index is 2.45. The lowest BCUT2D eigenvalue weighted by molar-refractivity contribution is 0.103. The summed E-state index contributed by atoms with van der Waals surface area (Å²) in [4.78, 5) is 0. The maximum atomic E-state index is 11.6. The fourth-order valence-electron chi connectivity index (χ4n) is 1.54. The van der Waals surface area contributed by atoms with E-state index in [1.165, 1.54) is 0 Å². The maximum absolute atomic E-state index is 11.6. The normalized spacial score (nSPS) is 26.5. The summed E-state index contributed by atoms with van der Waals surface area (Å²) in [6.07, 6.45) is -0.101. The van der Waals surface area contributed by atoms with Crippen molar-refractivity contribution in [3.05, 3.63) is 0 Å². The first-order valence-electron chi connectivity index (χ1n) is 5.45. The highest BCUT2D eigenvalue weighted by Gasteiger charge is 2.30. The Morgan fingerprint density at radius 2 is 2.12 bits per heavy atom. The van der Waals surface area contributed by atoms with Gasteiger partial charge >= 0.3 is 0 Å². The van der Waals surface area contributed by atoms with Gasteiger partial charge in [-0.2, -0.15) is 13.1 Å². The quantitative estimate of drug-likeness (QED) is 0.569. The van der Waals surface area contributed by atoms with Crippen LogP contribution in [0.2, 0.25) is 0 Å². The maximum Gasteiger partial charge on any atom is 0.277 e. The second kappa shape index (κ2) is 5.92. The van der Waals surface area contributed by atoms with Crippen molar-refractivity contribution >= 4 is 10.2 Å². The number of rotatable bonds is 6. The van der Waals surface area contributed by atoms with E-state index < -0.39 is 10.2 Å². The molecule has 0 aromatic heterocycles. The van der Waals surface area contributed by atoms with Crippen LogP contribution in [0.25, 0.3) is 0 Å². The summed E-state index contributed by atoms with van der Waals surface area (Å²) < 4.78 is 33.6. The molecule has 0 saturated carbocycles. The third-order valence-corrected chi connectivity index (χ3v) is 3.61. The second-order valence-corrected chi connectivity index (χ2v) is 5.93. The summed E-state index contributed by atoms with van der Waals surface area (Å²) in [6, 6.07) is -0.199. The van der Waals surface area contributed by atoms with Crippen molar-refractivity contribution < 1.29 is 13.2 Å². The largest absolute Gasteiger partial charge is 0.378 e. The fraction of sp³-hybridized carbons (Fsp3) is 1.00. The van der Waals surface area contributed by atoms with Crippen LogP contribution in [0, 0.1) is 5.92 Å². The number of methoxy groups -OCH3 is 1. The number of ether oxygens (including phenoxy) is 1. The molecular weight excluding hydrogens is 230 g/mol. The van der Waals surface area contributed by atoms with Crippen LogP contribution in [-0.4, -0.2) is 47.3 Å². The van der Waals surface area contributed by atoms with Crippen LogP contribution >= 0.6 is 0 Å². The summed E-state index contributed by atoms with van der Waals surface area (Å²) in [5, 5.41) is 3.08. The first-order valence-corrected chi connectivity index (χ1v) is 6.93. The Morgan fingerprint density at radius 1 is 1.44 bits per heavy atom. The molecule has 1 heterocycles. The van der Waals surface area contributed by atoms with Gasteiger partial charge in [-0.1, -0.05) is 13.8 Å². The molecule has 0 bridgehead atoms. The zero-order valence-corrected chi connectivity index (χ0v) is 10.8. The van der Waals surface area contributed by atoms with Crippen LogP contribution in [-0.2, 0) is 14.9 Å². The van der Waals surface area contributed by atoms with Gasteiger partial charge in [-0.05, 0) is 5.92 Å². The van der Waals surface area contributed by atoms with E-state index in [9.17, 15) is 8.42 Å². The molecule has 0 amide bonds. The molecule has 0 aliphatic carbocycles. The Bertz CT molecular complexity index is 305. The minimum absolute atomic E-state index is 0.101. The van der Waals surface area contributed by atoms with Crippen LogP contribution in [0.4, 0.5) is 0 Å². The zero-order chi connectivity index (χ0) is 12.2. The standard InChI is InChI=1S/C9H21N3O3S/c1-7(2)4-11-16(13,14)12-8-5-10-6-9(8)15-3/h7-12H,4-6H2,1-3H3/t8?,9-/m0/s1. The van der Waals surface area contributed by atoms with Gasteiger partial charge in [0.05, 0.1) is 12.1 Å². The lowest BCUT2D eigenvalue weighted by Gasteiger charge is -2.19. The van der Waals surface area contributed by atoms with Crippen LogP contribution in [0.5, 0.6) is 0 Å². The van der Waals surface area contributed by atoms with Crippen molar-refractivity contribution in [3.63, 3.8) is 0 Å². The zero-order valence-electron chi connectivity index (χ0n) is 9.99. The van der Waals surface area contributed by atoms with E-state index in [4.69, 9.17) is 4.74 Å². The van der Waals surface area contributed by atoms with E-state index >= 15 is 0 Å². The average Bonchev–Trinajstić information content (AvgIpc) is 2.61. The van der Waals surface area contributed by atoms with Gasteiger partial charge in [-0.15, -0.1) is 0 Å². The van der Waals surface area contributed by atoms with E-state index in [1.54, 1.807) is 7.11 Å². The molecular formula is C9H21N3O3S. The van der Waals surface area contributed by atoms with E-state index in [1.807, 2.05) is 13.8 Å². The molecule has 1 aliphatic rings. The number of nitrogens with one attached hydrogen (secondary N) is 3. The first-order chi connectivity index (χ1) is 7.44. The summed E-state index contributed by atoms with van der Waals surface area (Å²) in [7, 11) is -1.84. The van der Waals surface area contributed by atoms with E-state index in [0.717, 1.165) is 0 Å². The Labute approximate surface area is 97.3 Å². The van der Waals surface area contributed by atoms with Crippen LogP contribution < -0.4 is 14.8 Å². The molecule has 1 aliphatic heterocycles. The van der Waals surface area contributed by atoms with Crippen LogP contribution in [0.3, 0.4) is 0 Å². The monoisotopic (exact) mass is 251 g/mol. The average molecular weight is 251 g/mol. The molecule has 2 atom stereocenters. The second-order valence-electron chi connectivity index (χ2n) is 4.40. The Hall–Kier alpha value is -0.210. The highest BCUT2D eigenvalue weighted by molar-refractivity contribution is 7.87. The molecule has 1 unspecified atom stereocenters. The summed E-state index contributed by atoms with van der Waals surface area (Å²) in [6.45, 7) is 5.62. The molecule has 7 heteroatoms. The predicted molar refractivity (Wildman–Crippen MR) is 62.4 cm³/mol. The van der Waals surface area contributed by atoms with Crippen molar-refractivity contribution in [1.29, 1.82) is 0 Å². The Kier molecular flexibility index (Phi) is 5.13. The SMILES string of the molecule is CO[C@H]1CNCC1NS(=O)(=O)NCC(C)C. The first kappa shape index (κ1) is 13.9. The molecule has 6 nitrogen and oxygen atoms in total. The topological polar surface area (TPSA) is 79.5 Å². The van der Waals surface area contributed by atoms with Crippen LogP contribution in [0.1, 0.15) is 13.8 Å². The lowest BCUT2D eigenvalue weighted by atomic mass is 10.2. The lowest BCUT2D eigenvalue weighted by Crippen LogP contribution is -2.48. The van der Waals surface area contributed by atoms with Crippen molar-refractivity contribution in [2.75, 3.05) is 26.7 Å². The molecule has 1 rings (SSSR count). The Morgan fingerprint density at radius 3 is 2.69 bits per heavy atom. The fourth-order valence-corrected chi connectivity index (χ4v) is 2.81. The van der Waals surface area contributed by atoms with Crippen molar-refractivity contribution in [2.24, 2.45) is 5.92 Å². The van der Waals surface area contributed by atoms with E-state index in [0.29, 0.717) is 19.6 Å². The number of hydrogen-bond acceptors (Lipinski definition) is 4. The highest BCUT2D eigenvalue weighted by Crippen LogP contribution is 2.04. The molecule has 1 saturated heterocycles. The number of hydrogen-bond donors (Lipinski definition) is 3. The predicted octanol–water partition coefficient (Wildman–Crippen LogP) is -0.947. The van der Waals surface area contributed by atoms with Crippen LogP contribution in [0.15, 0.2) is 0 Å². The third kappa shape index (κ3) is 4.34. The highest BCUT2D eigenvalue weighted by atomic mass is 32.2. The van der Waals surface area contributed by atoms with Gasteiger partial charge in [-0.3, -0.25) is 0 Å². The van der Waals surface area contributed by atoms with Gasteiger partial charge < -0.3 is 10.1 Å². The van der Waals surface area contributed by atoms with Crippen molar-refractivity contribution in [2.45, 2.75) is 26.0 Å². The molecule has 0 spiro atoms. The molecule has 0 aromatic rings. The van der Waals surface area contributed by atoms with Crippen molar-refractivity contribution in [1.82, 2.24) is 14.8 Å². The third-order valence-electron chi connectivity index (χ3n) is 2.45. The summed E-state index contributed by atoms with van der Waals surface area (Å²) in [5.41, 5.74) is 0. The molecule has 0 radical (unpaired) electrons. The summed E-state index contributed by atoms with van der Waals surface area (Å²) in [5.74, 6) is 0.288. The van der Waals surface area contributed by atoms with Gasteiger partial charge in [0, 0.05) is 26.7 Å². The molecule has 3 N–H and O–H groups in total. The molecule has 0 aromatic carbocycles. The molecule has 96 valence electrons. The van der Waals surface area contributed by atoms with Crippen molar-refractivity contribution in [3.8, 4) is 0 Å². The molecule has 1 fully saturated rings. The van der Waals surface area contributed by atoms with Gasteiger partial charge in [0.2, 0.25) is 0 Å². The smallest absolute Gasteiger partial charge is 0.277 e. The van der Waals surface area contributed by atoms with Gasteiger partial charge in [0.1, 0.15) is 0 Å². The minimum atomic E-state index is -3.42. The van der Waals surface area contributed by atoms with Gasteiger partial charge in [-0.25, -0.2) is 4.72 Å². The van der Waals surface area contributed by atoms with Gasteiger partial charge in [0.25, 0.3) is 10.2 Å². The molecule has 16 heavy (non-hydrogen) atoms. The minimum Gasteiger partial charge on any atom is -0.378 e. The van der Waals surface area contributed by atoms with E-state index in [2.05, 4.69) is 14.8 Å². The van der Waals surface area contributed by atoms with E-state index in [-0.39, 0.29) is 18.1 Å². The van der Waals surface area contributed by atoms with Gasteiger partial charge in [0.15, 0.2) is 0 Å².